The average molecular weight is 286 g/mol. The third-order valence-corrected chi connectivity index (χ3v) is 3.38. The molecule has 0 aliphatic rings. The highest BCUT2D eigenvalue weighted by atomic mass is 32.1. The Morgan fingerprint density at radius 3 is 2.85 bits per heavy atom. The Balaban J connectivity index is 2.02. The summed E-state index contributed by atoms with van der Waals surface area (Å²) in [6, 6.07) is 9.76. The van der Waals surface area contributed by atoms with Crippen LogP contribution in [0.3, 0.4) is 0 Å². The quantitative estimate of drug-likeness (QED) is 0.882. The molecule has 0 radical (unpaired) electrons. The number of hydrogen-bond donors (Lipinski definition) is 1. The molecule has 2 rings (SSSR count). The molecule has 1 aromatic carbocycles. The lowest BCUT2D eigenvalue weighted by Gasteiger charge is -2.05. The van der Waals surface area contributed by atoms with Gasteiger partial charge in [0.2, 0.25) is 0 Å². The summed E-state index contributed by atoms with van der Waals surface area (Å²) in [7, 11) is 0. The van der Waals surface area contributed by atoms with Crippen LogP contribution in [-0.4, -0.2) is 6.54 Å². The zero-order valence-electron chi connectivity index (χ0n) is 10.5. The van der Waals surface area contributed by atoms with Crippen LogP contribution in [0.15, 0.2) is 30.3 Å². The van der Waals surface area contributed by atoms with Crippen LogP contribution in [0.5, 0.6) is 5.75 Å². The van der Waals surface area contributed by atoms with Gasteiger partial charge in [0.1, 0.15) is 6.61 Å². The molecule has 0 unspecified atom stereocenters. The lowest BCUT2D eigenvalue weighted by atomic mass is 10.2. The maximum atomic E-state index is 13.6. The van der Waals surface area contributed by atoms with Gasteiger partial charge in [-0.3, -0.25) is 0 Å². The Bertz CT molecular complexity index is 707. The summed E-state index contributed by atoms with van der Waals surface area (Å²) in [4.78, 5) is 1.84. The average Bonchev–Trinajstić information content (AvgIpc) is 2.91. The predicted molar refractivity (Wildman–Crippen MR) is 75.7 cm³/mol. The number of halogens is 1. The second kappa shape index (κ2) is 6.72. The van der Waals surface area contributed by atoms with Crippen molar-refractivity contribution >= 4 is 11.3 Å². The van der Waals surface area contributed by atoms with Crippen molar-refractivity contribution in [2.75, 3.05) is 6.54 Å². The van der Waals surface area contributed by atoms with E-state index in [9.17, 15) is 4.39 Å². The van der Waals surface area contributed by atoms with E-state index in [1.165, 1.54) is 23.5 Å². The van der Waals surface area contributed by atoms with Crippen LogP contribution >= 0.6 is 11.3 Å². The molecule has 1 heterocycles. The Kier molecular flexibility index (Phi) is 4.73. The predicted octanol–water partition coefficient (Wildman–Crippen LogP) is 2.65. The Hall–Kier alpha value is -2.34. The third-order valence-electron chi connectivity index (χ3n) is 2.41. The van der Waals surface area contributed by atoms with Crippen LogP contribution in [-0.2, 0) is 6.61 Å². The first-order chi connectivity index (χ1) is 9.72. The number of ether oxygens (including phenoxy) is 1. The van der Waals surface area contributed by atoms with Gasteiger partial charge in [0.15, 0.2) is 11.6 Å². The topological polar surface area (TPSA) is 59.0 Å². The lowest BCUT2D eigenvalue weighted by molar-refractivity contribution is 0.293. The van der Waals surface area contributed by atoms with Crippen molar-refractivity contribution in [1.82, 2.24) is 0 Å². The SMILES string of the molecule is N#Cc1ccc(OCc2ccc(C#CCN)s2)c(F)c1. The first kappa shape index (κ1) is 14.1. The highest BCUT2D eigenvalue weighted by molar-refractivity contribution is 7.12. The van der Waals surface area contributed by atoms with Gasteiger partial charge in [-0.15, -0.1) is 11.3 Å². The zero-order valence-corrected chi connectivity index (χ0v) is 11.3. The summed E-state index contributed by atoms with van der Waals surface area (Å²) >= 11 is 1.48. The van der Waals surface area contributed by atoms with Crippen molar-refractivity contribution in [3.63, 3.8) is 0 Å². The third kappa shape index (κ3) is 3.58. The Morgan fingerprint density at radius 1 is 1.30 bits per heavy atom. The molecule has 100 valence electrons. The highest BCUT2D eigenvalue weighted by Gasteiger charge is 2.06. The molecule has 0 aliphatic heterocycles. The fourth-order valence-corrected chi connectivity index (χ4v) is 2.29. The standard InChI is InChI=1S/C15H11FN2OS/c16-14-8-11(9-18)3-6-15(14)19-10-13-5-4-12(20-13)2-1-7-17/h3-6,8H,7,10,17H2. The van der Waals surface area contributed by atoms with Crippen molar-refractivity contribution in [3.8, 4) is 23.7 Å². The Labute approximate surface area is 120 Å². The van der Waals surface area contributed by atoms with Crippen molar-refractivity contribution in [2.24, 2.45) is 5.73 Å². The number of benzene rings is 1. The second-order valence-corrected chi connectivity index (χ2v) is 4.99. The van der Waals surface area contributed by atoms with Gasteiger partial charge >= 0.3 is 0 Å². The molecule has 0 fully saturated rings. The molecule has 3 nitrogen and oxygen atoms in total. The number of nitrogens with zero attached hydrogens (tertiary/aromatic N) is 1. The lowest BCUT2D eigenvalue weighted by Crippen LogP contribution is -1.95. The minimum atomic E-state index is -0.538. The molecule has 2 aromatic rings. The molecule has 0 aliphatic carbocycles. The molecule has 0 atom stereocenters. The molecule has 5 heteroatoms. The summed E-state index contributed by atoms with van der Waals surface area (Å²) in [5.41, 5.74) is 5.57. The van der Waals surface area contributed by atoms with Gasteiger partial charge < -0.3 is 10.5 Å². The molecule has 0 saturated carbocycles. The molecular weight excluding hydrogens is 275 g/mol. The normalized spacial score (nSPS) is 9.45. The zero-order chi connectivity index (χ0) is 14.4. The van der Waals surface area contributed by atoms with Crippen LogP contribution in [0.2, 0.25) is 0 Å². The van der Waals surface area contributed by atoms with E-state index in [1.54, 1.807) is 0 Å². The smallest absolute Gasteiger partial charge is 0.166 e. The van der Waals surface area contributed by atoms with E-state index in [0.717, 1.165) is 15.8 Å². The molecule has 0 amide bonds. The van der Waals surface area contributed by atoms with E-state index in [4.69, 9.17) is 15.7 Å². The number of thiophene rings is 1. The molecule has 0 saturated heterocycles. The second-order valence-electron chi connectivity index (χ2n) is 3.82. The summed E-state index contributed by atoms with van der Waals surface area (Å²) in [5.74, 6) is 5.29. The minimum absolute atomic E-state index is 0.131. The summed E-state index contributed by atoms with van der Waals surface area (Å²) in [6.07, 6.45) is 0. The first-order valence-corrected chi connectivity index (χ1v) is 6.64. The molecule has 2 N–H and O–H groups in total. The van der Waals surface area contributed by atoms with Gasteiger partial charge in [0.25, 0.3) is 0 Å². The Morgan fingerprint density at radius 2 is 2.15 bits per heavy atom. The van der Waals surface area contributed by atoms with Crippen LogP contribution in [0.25, 0.3) is 0 Å². The molecule has 0 bridgehead atoms. The van der Waals surface area contributed by atoms with Gasteiger partial charge in [-0.05, 0) is 30.3 Å². The van der Waals surface area contributed by atoms with Crippen LogP contribution in [0.1, 0.15) is 15.3 Å². The van der Waals surface area contributed by atoms with Crippen LogP contribution in [0.4, 0.5) is 4.39 Å². The van der Waals surface area contributed by atoms with E-state index in [-0.39, 0.29) is 17.9 Å². The van der Waals surface area contributed by atoms with Gasteiger partial charge in [-0.1, -0.05) is 11.8 Å². The minimum Gasteiger partial charge on any atom is -0.485 e. The summed E-state index contributed by atoms with van der Waals surface area (Å²) < 4.78 is 19.0. The van der Waals surface area contributed by atoms with E-state index in [1.807, 2.05) is 18.2 Å². The molecular formula is C15H11FN2OS. The fraction of sp³-hybridized carbons (Fsp3) is 0.133. The van der Waals surface area contributed by atoms with Crippen molar-refractivity contribution in [3.05, 3.63) is 51.5 Å². The fourth-order valence-electron chi connectivity index (χ4n) is 1.50. The monoisotopic (exact) mass is 286 g/mol. The van der Waals surface area contributed by atoms with E-state index < -0.39 is 5.82 Å². The molecule has 1 aromatic heterocycles. The number of nitriles is 1. The van der Waals surface area contributed by atoms with E-state index in [2.05, 4.69) is 11.8 Å². The summed E-state index contributed by atoms with van der Waals surface area (Å²) in [5, 5.41) is 8.66. The number of nitrogens with two attached hydrogens (primary N) is 1. The van der Waals surface area contributed by atoms with Crippen LogP contribution in [0, 0.1) is 29.0 Å². The first-order valence-electron chi connectivity index (χ1n) is 5.83. The van der Waals surface area contributed by atoms with Crippen molar-refractivity contribution in [1.29, 1.82) is 5.26 Å². The maximum Gasteiger partial charge on any atom is 0.166 e. The number of rotatable bonds is 3. The highest BCUT2D eigenvalue weighted by Crippen LogP contribution is 2.22. The van der Waals surface area contributed by atoms with Gasteiger partial charge in [-0.2, -0.15) is 5.26 Å². The van der Waals surface area contributed by atoms with Crippen molar-refractivity contribution in [2.45, 2.75) is 6.61 Å². The van der Waals surface area contributed by atoms with E-state index in [0.29, 0.717) is 6.54 Å². The van der Waals surface area contributed by atoms with Crippen LogP contribution < -0.4 is 10.5 Å². The maximum absolute atomic E-state index is 13.6. The van der Waals surface area contributed by atoms with Gasteiger partial charge in [0.05, 0.1) is 23.1 Å². The van der Waals surface area contributed by atoms with E-state index >= 15 is 0 Å². The summed E-state index contributed by atoms with van der Waals surface area (Å²) in [6.45, 7) is 0.581. The molecule has 0 spiro atoms. The number of hydrogen-bond acceptors (Lipinski definition) is 4. The van der Waals surface area contributed by atoms with Crippen molar-refractivity contribution < 1.29 is 9.13 Å². The van der Waals surface area contributed by atoms with Gasteiger partial charge in [-0.25, -0.2) is 4.39 Å². The molecule has 20 heavy (non-hydrogen) atoms. The largest absolute Gasteiger partial charge is 0.485 e. The van der Waals surface area contributed by atoms with Gasteiger partial charge in [0, 0.05) is 4.88 Å².